The number of fused-ring (bicyclic) bond motifs is 1. The summed E-state index contributed by atoms with van der Waals surface area (Å²) in [4.78, 5) is 16.6. The Balaban J connectivity index is 1.66. The molecule has 1 fully saturated rings. The van der Waals surface area contributed by atoms with Crippen LogP contribution in [0.2, 0.25) is 0 Å². The van der Waals surface area contributed by atoms with Crippen molar-refractivity contribution in [1.82, 2.24) is 14.7 Å². The van der Waals surface area contributed by atoms with Crippen LogP contribution < -0.4 is 5.32 Å². The summed E-state index contributed by atoms with van der Waals surface area (Å²) in [5.41, 5.74) is 2.91. The number of carbonyl (C=O) groups is 1. The molecule has 4 heteroatoms. The minimum absolute atomic E-state index is 0.0953. The average Bonchev–Trinajstić information content (AvgIpc) is 2.83. The summed E-state index contributed by atoms with van der Waals surface area (Å²) >= 11 is 0. The zero-order valence-corrected chi connectivity index (χ0v) is 11.9. The van der Waals surface area contributed by atoms with Crippen molar-refractivity contribution < 1.29 is 4.79 Å². The molecule has 0 atom stereocenters. The van der Waals surface area contributed by atoms with Gasteiger partial charge in [0.15, 0.2) is 0 Å². The van der Waals surface area contributed by atoms with Crippen LogP contribution in [0, 0.1) is 6.92 Å². The first-order valence-corrected chi connectivity index (χ1v) is 7.45. The Kier molecular flexibility index (Phi) is 3.72. The molecule has 0 aromatic carbocycles. The Bertz CT molecular complexity index is 611. The largest absolute Gasteiger partial charge is 0.353 e. The maximum Gasteiger partial charge on any atom is 0.226 e. The van der Waals surface area contributed by atoms with Gasteiger partial charge in [-0.05, 0) is 31.4 Å². The Morgan fingerprint density at radius 1 is 1.40 bits per heavy atom. The van der Waals surface area contributed by atoms with Crippen LogP contribution in [0.25, 0.3) is 5.65 Å². The summed E-state index contributed by atoms with van der Waals surface area (Å²) in [5, 5.41) is 3.14. The topological polar surface area (TPSA) is 46.4 Å². The van der Waals surface area contributed by atoms with Crippen molar-refractivity contribution in [2.24, 2.45) is 0 Å². The van der Waals surface area contributed by atoms with Gasteiger partial charge in [-0.3, -0.25) is 4.79 Å². The Morgan fingerprint density at radius 2 is 2.20 bits per heavy atom. The highest BCUT2D eigenvalue weighted by Crippen LogP contribution is 2.17. The molecule has 0 bridgehead atoms. The quantitative estimate of drug-likeness (QED) is 0.932. The highest BCUT2D eigenvalue weighted by molar-refractivity contribution is 5.78. The maximum atomic E-state index is 12.1. The zero-order valence-electron chi connectivity index (χ0n) is 11.9. The molecule has 0 radical (unpaired) electrons. The number of pyridine rings is 1. The van der Waals surface area contributed by atoms with Gasteiger partial charge in [-0.2, -0.15) is 0 Å². The number of amides is 1. The van der Waals surface area contributed by atoms with E-state index in [4.69, 9.17) is 0 Å². The molecule has 2 aromatic heterocycles. The number of carbonyl (C=O) groups excluding carboxylic acids is 1. The minimum Gasteiger partial charge on any atom is -0.353 e. The van der Waals surface area contributed by atoms with E-state index in [0.29, 0.717) is 12.5 Å². The molecule has 1 aliphatic carbocycles. The number of hydrogen-bond donors (Lipinski definition) is 1. The highest BCUT2D eigenvalue weighted by atomic mass is 16.1. The van der Waals surface area contributed by atoms with E-state index in [0.717, 1.165) is 29.7 Å². The normalized spacial score (nSPS) is 16.4. The Labute approximate surface area is 119 Å². The lowest BCUT2D eigenvalue weighted by Crippen LogP contribution is -2.37. The van der Waals surface area contributed by atoms with Gasteiger partial charge in [-0.15, -0.1) is 0 Å². The van der Waals surface area contributed by atoms with Gasteiger partial charge in [0.05, 0.1) is 12.1 Å². The number of aryl methyl sites for hydroxylation is 1. The predicted octanol–water partition coefficient (Wildman–Crippen LogP) is 2.63. The zero-order chi connectivity index (χ0) is 13.9. The lowest BCUT2D eigenvalue weighted by molar-refractivity contribution is -0.121. The van der Waals surface area contributed by atoms with E-state index in [-0.39, 0.29) is 5.91 Å². The van der Waals surface area contributed by atoms with Crippen molar-refractivity contribution in [3.05, 3.63) is 35.8 Å². The van der Waals surface area contributed by atoms with Gasteiger partial charge in [-0.1, -0.05) is 25.3 Å². The van der Waals surface area contributed by atoms with Crippen LogP contribution in [0.5, 0.6) is 0 Å². The first kappa shape index (κ1) is 13.2. The molecule has 0 aliphatic heterocycles. The van der Waals surface area contributed by atoms with Crippen molar-refractivity contribution in [2.45, 2.75) is 51.5 Å². The standard InChI is InChI=1S/C16H21N3O/c1-12-6-5-9-19-11-14(18-16(12)19)10-15(20)17-13-7-3-2-4-8-13/h5-6,9,11,13H,2-4,7-8,10H2,1H3,(H,17,20). The Morgan fingerprint density at radius 3 is 2.95 bits per heavy atom. The second-order valence-corrected chi connectivity index (χ2v) is 5.73. The number of nitrogens with zero attached hydrogens (tertiary/aromatic N) is 2. The molecule has 0 saturated heterocycles. The van der Waals surface area contributed by atoms with Crippen molar-refractivity contribution >= 4 is 11.6 Å². The fourth-order valence-electron chi connectivity index (χ4n) is 2.98. The summed E-state index contributed by atoms with van der Waals surface area (Å²) in [7, 11) is 0. The van der Waals surface area contributed by atoms with Crippen LogP contribution in [0.1, 0.15) is 43.4 Å². The maximum absolute atomic E-state index is 12.1. The number of imidazole rings is 1. The summed E-state index contributed by atoms with van der Waals surface area (Å²) < 4.78 is 1.98. The number of hydrogen-bond acceptors (Lipinski definition) is 2. The van der Waals surface area contributed by atoms with Crippen LogP contribution in [0.15, 0.2) is 24.5 Å². The van der Waals surface area contributed by atoms with Crippen LogP contribution in [0.4, 0.5) is 0 Å². The van der Waals surface area contributed by atoms with Crippen molar-refractivity contribution in [2.75, 3.05) is 0 Å². The first-order valence-electron chi connectivity index (χ1n) is 7.45. The molecule has 1 aliphatic rings. The lowest BCUT2D eigenvalue weighted by Gasteiger charge is -2.22. The predicted molar refractivity (Wildman–Crippen MR) is 78.6 cm³/mol. The van der Waals surface area contributed by atoms with E-state index >= 15 is 0 Å². The smallest absolute Gasteiger partial charge is 0.226 e. The molecule has 0 spiro atoms. The van der Waals surface area contributed by atoms with Crippen molar-refractivity contribution in [1.29, 1.82) is 0 Å². The molecular weight excluding hydrogens is 250 g/mol. The van der Waals surface area contributed by atoms with Crippen LogP contribution in [0.3, 0.4) is 0 Å². The summed E-state index contributed by atoms with van der Waals surface area (Å²) in [6.07, 6.45) is 10.3. The lowest BCUT2D eigenvalue weighted by atomic mass is 9.95. The number of rotatable bonds is 3. The highest BCUT2D eigenvalue weighted by Gasteiger charge is 2.16. The van der Waals surface area contributed by atoms with Gasteiger partial charge >= 0.3 is 0 Å². The van der Waals surface area contributed by atoms with Crippen LogP contribution in [-0.2, 0) is 11.2 Å². The molecule has 1 amide bonds. The molecule has 4 nitrogen and oxygen atoms in total. The molecule has 0 unspecified atom stereocenters. The molecule has 106 valence electrons. The van der Waals surface area contributed by atoms with E-state index in [1.165, 1.54) is 19.3 Å². The SMILES string of the molecule is Cc1cccn2cc(CC(=O)NC3CCCCC3)nc12. The fourth-order valence-corrected chi connectivity index (χ4v) is 2.98. The van der Waals surface area contributed by atoms with Crippen molar-refractivity contribution in [3.63, 3.8) is 0 Å². The average molecular weight is 271 g/mol. The number of aromatic nitrogens is 2. The molecule has 2 heterocycles. The molecule has 3 rings (SSSR count). The van der Waals surface area contributed by atoms with Gasteiger partial charge in [0.2, 0.25) is 5.91 Å². The van der Waals surface area contributed by atoms with Crippen LogP contribution in [-0.4, -0.2) is 21.3 Å². The molecule has 1 N–H and O–H groups in total. The molecular formula is C16H21N3O. The minimum atomic E-state index is 0.0953. The van der Waals surface area contributed by atoms with E-state index in [1.54, 1.807) is 0 Å². The molecule has 1 saturated carbocycles. The van der Waals surface area contributed by atoms with E-state index in [2.05, 4.69) is 10.3 Å². The van der Waals surface area contributed by atoms with Gasteiger partial charge in [-0.25, -0.2) is 4.98 Å². The third-order valence-electron chi connectivity index (χ3n) is 4.04. The van der Waals surface area contributed by atoms with E-state index in [1.807, 2.05) is 35.9 Å². The number of nitrogens with one attached hydrogen (secondary N) is 1. The van der Waals surface area contributed by atoms with Gasteiger partial charge < -0.3 is 9.72 Å². The Hall–Kier alpha value is -1.84. The van der Waals surface area contributed by atoms with E-state index in [9.17, 15) is 4.79 Å². The van der Waals surface area contributed by atoms with Gasteiger partial charge in [0.1, 0.15) is 5.65 Å². The van der Waals surface area contributed by atoms with Gasteiger partial charge in [0.25, 0.3) is 0 Å². The third-order valence-corrected chi connectivity index (χ3v) is 4.04. The van der Waals surface area contributed by atoms with Crippen molar-refractivity contribution in [3.8, 4) is 0 Å². The molecule has 2 aromatic rings. The summed E-state index contributed by atoms with van der Waals surface area (Å²) in [6.45, 7) is 2.04. The first-order chi connectivity index (χ1) is 9.72. The van der Waals surface area contributed by atoms with E-state index < -0.39 is 0 Å². The van der Waals surface area contributed by atoms with Crippen LogP contribution >= 0.6 is 0 Å². The third kappa shape index (κ3) is 2.84. The monoisotopic (exact) mass is 271 g/mol. The van der Waals surface area contributed by atoms with Gasteiger partial charge in [0, 0.05) is 18.4 Å². The summed E-state index contributed by atoms with van der Waals surface area (Å²) in [5.74, 6) is 0.0953. The summed E-state index contributed by atoms with van der Waals surface area (Å²) in [6, 6.07) is 4.40. The second kappa shape index (κ2) is 5.65. The fraction of sp³-hybridized carbons (Fsp3) is 0.500. The molecule has 20 heavy (non-hydrogen) atoms. The second-order valence-electron chi connectivity index (χ2n) is 5.73.